The fourth-order valence-electron chi connectivity index (χ4n) is 2.15. The molecule has 1 heterocycles. The van der Waals surface area contributed by atoms with E-state index >= 15 is 0 Å². The third kappa shape index (κ3) is 3.27. The van der Waals surface area contributed by atoms with E-state index in [0.717, 1.165) is 24.8 Å². The van der Waals surface area contributed by atoms with E-state index in [1.807, 2.05) is 12.3 Å². The second-order valence-electron chi connectivity index (χ2n) is 4.62. The van der Waals surface area contributed by atoms with Gasteiger partial charge in [0.25, 0.3) is 0 Å². The van der Waals surface area contributed by atoms with Gasteiger partial charge in [-0.1, -0.05) is 25.5 Å². The van der Waals surface area contributed by atoms with Crippen molar-refractivity contribution in [1.29, 1.82) is 0 Å². The lowest BCUT2D eigenvalue weighted by Crippen LogP contribution is -2.20. The molecule has 0 fully saturated rings. The van der Waals surface area contributed by atoms with Crippen molar-refractivity contribution in [2.75, 3.05) is 0 Å². The topological polar surface area (TPSA) is 38.9 Å². The van der Waals surface area contributed by atoms with Crippen molar-refractivity contribution >= 4 is 10.9 Å². The minimum atomic E-state index is 0.338. The summed E-state index contributed by atoms with van der Waals surface area (Å²) in [6, 6.07) is 10.9. The average molecular weight is 228 g/mol. The lowest BCUT2D eigenvalue weighted by atomic mass is 10.0. The van der Waals surface area contributed by atoms with Crippen molar-refractivity contribution in [2.45, 2.75) is 38.6 Å². The molecule has 2 aromatic rings. The molecule has 2 N–H and O–H groups in total. The average Bonchev–Trinajstić information content (AvgIpc) is 2.36. The standard InChI is InChI=1S/C15H20N2/c1-2-4-14(16)8-6-12-7-9-15-13(11-12)5-3-10-17-15/h3,5,7,9-11,14H,2,4,6,8,16H2,1H3. The smallest absolute Gasteiger partial charge is 0.0702 e. The van der Waals surface area contributed by atoms with E-state index < -0.39 is 0 Å². The summed E-state index contributed by atoms with van der Waals surface area (Å²) in [6.45, 7) is 2.18. The van der Waals surface area contributed by atoms with Crippen LogP contribution in [0.15, 0.2) is 36.5 Å². The molecule has 0 saturated carbocycles. The Morgan fingerprint density at radius 1 is 1.24 bits per heavy atom. The first-order valence-corrected chi connectivity index (χ1v) is 6.39. The molecule has 0 saturated heterocycles. The molecule has 0 spiro atoms. The van der Waals surface area contributed by atoms with Crippen molar-refractivity contribution < 1.29 is 0 Å². The zero-order chi connectivity index (χ0) is 12.1. The number of fused-ring (bicyclic) bond motifs is 1. The Kier molecular flexibility index (Phi) is 4.10. The third-order valence-corrected chi connectivity index (χ3v) is 3.13. The largest absolute Gasteiger partial charge is 0.328 e. The highest BCUT2D eigenvalue weighted by atomic mass is 14.6. The number of nitrogens with zero attached hydrogens (tertiary/aromatic N) is 1. The molecule has 0 bridgehead atoms. The Hall–Kier alpha value is -1.41. The van der Waals surface area contributed by atoms with Gasteiger partial charge in [0.2, 0.25) is 0 Å². The second kappa shape index (κ2) is 5.78. The zero-order valence-electron chi connectivity index (χ0n) is 10.4. The summed E-state index contributed by atoms with van der Waals surface area (Å²) in [5, 5.41) is 1.22. The first-order chi connectivity index (χ1) is 8.29. The second-order valence-corrected chi connectivity index (χ2v) is 4.62. The fourth-order valence-corrected chi connectivity index (χ4v) is 2.15. The Balaban J connectivity index is 2.04. The number of nitrogens with two attached hydrogens (primary N) is 1. The van der Waals surface area contributed by atoms with Gasteiger partial charge in [-0.15, -0.1) is 0 Å². The van der Waals surface area contributed by atoms with E-state index in [1.54, 1.807) is 0 Å². The van der Waals surface area contributed by atoms with Crippen LogP contribution in [-0.2, 0) is 6.42 Å². The van der Waals surface area contributed by atoms with Gasteiger partial charge in [-0.2, -0.15) is 0 Å². The molecule has 17 heavy (non-hydrogen) atoms. The Bertz CT molecular complexity index is 479. The lowest BCUT2D eigenvalue weighted by Gasteiger charge is -2.10. The van der Waals surface area contributed by atoms with Gasteiger partial charge >= 0.3 is 0 Å². The highest BCUT2D eigenvalue weighted by Crippen LogP contribution is 2.15. The minimum Gasteiger partial charge on any atom is -0.328 e. The molecule has 1 aromatic carbocycles. The van der Waals surface area contributed by atoms with Crippen LogP contribution in [-0.4, -0.2) is 11.0 Å². The lowest BCUT2D eigenvalue weighted by molar-refractivity contribution is 0.561. The highest BCUT2D eigenvalue weighted by molar-refractivity contribution is 5.78. The summed E-state index contributed by atoms with van der Waals surface area (Å²) in [4.78, 5) is 4.32. The molecule has 0 aliphatic carbocycles. The molecular formula is C15H20N2. The van der Waals surface area contributed by atoms with E-state index in [0.29, 0.717) is 6.04 Å². The third-order valence-electron chi connectivity index (χ3n) is 3.13. The van der Waals surface area contributed by atoms with Crippen LogP contribution >= 0.6 is 0 Å². The van der Waals surface area contributed by atoms with Crippen molar-refractivity contribution in [3.8, 4) is 0 Å². The SMILES string of the molecule is CCCC(N)CCc1ccc2ncccc2c1. The van der Waals surface area contributed by atoms with Crippen LogP contribution < -0.4 is 5.73 Å². The molecule has 0 amide bonds. The van der Waals surface area contributed by atoms with Gasteiger partial charge < -0.3 is 5.73 Å². The molecule has 1 unspecified atom stereocenters. The number of hydrogen-bond acceptors (Lipinski definition) is 2. The maximum absolute atomic E-state index is 6.03. The van der Waals surface area contributed by atoms with Gasteiger partial charge in [0.05, 0.1) is 5.52 Å². The molecule has 0 aliphatic rings. The molecular weight excluding hydrogens is 208 g/mol. The van der Waals surface area contributed by atoms with Crippen LogP contribution in [0.4, 0.5) is 0 Å². The van der Waals surface area contributed by atoms with Gasteiger partial charge in [0.15, 0.2) is 0 Å². The van der Waals surface area contributed by atoms with Gasteiger partial charge in [0, 0.05) is 17.6 Å². The number of benzene rings is 1. The minimum absolute atomic E-state index is 0.338. The number of aromatic nitrogens is 1. The van der Waals surface area contributed by atoms with Gasteiger partial charge in [-0.3, -0.25) is 4.98 Å². The summed E-state index contributed by atoms with van der Waals surface area (Å²) in [6.07, 6.45) is 6.25. The number of aryl methyl sites for hydroxylation is 1. The Morgan fingerprint density at radius 2 is 2.12 bits per heavy atom. The maximum Gasteiger partial charge on any atom is 0.0702 e. The van der Waals surface area contributed by atoms with Crippen LogP contribution in [0.1, 0.15) is 31.7 Å². The van der Waals surface area contributed by atoms with Crippen molar-refractivity contribution in [2.24, 2.45) is 5.73 Å². The van der Waals surface area contributed by atoms with Crippen LogP contribution in [0, 0.1) is 0 Å². The molecule has 0 radical (unpaired) electrons. The molecule has 0 aliphatic heterocycles. The van der Waals surface area contributed by atoms with Crippen molar-refractivity contribution in [1.82, 2.24) is 4.98 Å². The van der Waals surface area contributed by atoms with Crippen molar-refractivity contribution in [3.05, 3.63) is 42.1 Å². The summed E-state index contributed by atoms with van der Waals surface area (Å²) >= 11 is 0. The highest BCUT2D eigenvalue weighted by Gasteiger charge is 2.02. The zero-order valence-corrected chi connectivity index (χ0v) is 10.4. The van der Waals surface area contributed by atoms with Crippen LogP contribution in [0.25, 0.3) is 10.9 Å². The molecule has 1 atom stereocenters. The summed E-state index contributed by atoms with van der Waals surface area (Å²) < 4.78 is 0. The van der Waals surface area contributed by atoms with Gasteiger partial charge in [0.1, 0.15) is 0 Å². The predicted molar refractivity (Wildman–Crippen MR) is 72.9 cm³/mol. The first-order valence-electron chi connectivity index (χ1n) is 6.39. The number of rotatable bonds is 5. The van der Waals surface area contributed by atoms with E-state index in [4.69, 9.17) is 5.73 Å². The molecule has 2 nitrogen and oxygen atoms in total. The molecule has 1 aromatic heterocycles. The monoisotopic (exact) mass is 228 g/mol. The number of pyridine rings is 1. The molecule has 2 rings (SSSR count). The van der Waals surface area contributed by atoms with E-state index in [9.17, 15) is 0 Å². The fraction of sp³-hybridized carbons (Fsp3) is 0.400. The molecule has 2 heteroatoms. The number of hydrogen-bond donors (Lipinski definition) is 1. The van der Waals surface area contributed by atoms with E-state index in [1.165, 1.54) is 17.4 Å². The predicted octanol–water partition coefficient (Wildman–Crippen LogP) is 3.29. The van der Waals surface area contributed by atoms with Crippen LogP contribution in [0.2, 0.25) is 0 Å². The van der Waals surface area contributed by atoms with Crippen LogP contribution in [0.3, 0.4) is 0 Å². The summed E-state index contributed by atoms with van der Waals surface area (Å²) in [5.74, 6) is 0. The quantitative estimate of drug-likeness (QED) is 0.852. The normalized spacial score (nSPS) is 12.8. The Morgan fingerprint density at radius 3 is 2.94 bits per heavy atom. The van der Waals surface area contributed by atoms with Crippen molar-refractivity contribution in [3.63, 3.8) is 0 Å². The van der Waals surface area contributed by atoms with Gasteiger partial charge in [-0.05, 0) is 43.0 Å². The Labute approximate surface area is 103 Å². The van der Waals surface area contributed by atoms with E-state index in [2.05, 4.69) is 36.2 Å². The van der Waals surface area contributed by atoms with Gasteiger partial charge in [-0.25, -0.2) is 0 Å². The summed E-state index contributed by atoms with van der Waals surface area (Å²) in [7, 11) is 0. The summed E-state index contributed by atoms with van der Waals surface area (Å²) in [5.41, 5.74) is 8.45. The molecule has 90 valence electrons. The maximum atomic E-state index is 6.03. The van der Waals surface area contributed by atoms with E-state index in [-0.39, 0.29) is 0 Å². The van der Waals surface area contributed by atoms with Crippen LogP contribution in [0.5, 0.6) is 0 Å². The first kappa shape index (κ1) is 12.1.